The van der Waals surface area contributed by atoms with E-state index in [0.29, 0.717) is 13.2 Å². The lowest BCUT2D eigenvalue weighted by Gasteiger charge is -2.30. The van der Waals surface area contributed by atoms with Crippen LogP contribution in [0, 0.1) is 12.8 Å². The standard InChI is InChI=1S/C18H26N4O3/c1-12-15(11-19-20(12)2)17-14(10-16(23)22(17)13-6-7-13)18(24)21-8-4-3-5-9-25-21/h11,13-14,17H,3-10H2,1-2H3/t14-,17-/m0/s1. The first-order valence-electron chi connectivity index (χ1n) is 9.32. The number of carbonyl (C=O) groups is 2. The number of aromatic nitrogens is 2. The lowest BCUT2D eigenvalue weighted by atomic mass is 9.93. The Labute approximate surface area is 147 Å². The van der Waals surface area contributed by atoms with Gasteiger partial charge in [0.1, 0.15) is 0 Å². The molecule has 0 radical (unpaired) electrons. The van der Waals surface area contributed by atoms with Crippen LogP contribution in [0.2, 0.25) is 0 Å². The van der Waals surface area contributed by atoms with Gasteiger partial charge in [-0.05, 0) is 39.0 Å². The fourth-order valence-electron chi connectivity index (χ4n) is 4.06. The van der Waals surface area contributed by atoms with Crippen molar-refractivity contribution in [1.82, 2.24) is 19.7 Å². The molecule has 2 atom stereocenters. The van der Waals surface area contributed by atoms with Gasteiger partial charge in [0, 0.05) is 37.3 Å². The van der Waals surface area contributed by atoms with E-state index in [9.17, 15) is 9.59 Å². The predicted octanol–water partition coefficient (Wildman–Crippen LogP) is 1.72. The minimum Gasteiger partial charge on any atom is -0.332 e. The van der Waals surface area contributed by atoms with Crippen LogP contribution in [0.15, 0.2) is 6.20 Å². The number of carbonyl (C=O) groups excluding carboxylic acids is 2. The number of rotatable bonds is 3. The monoisotopic (exact) mass is 346 g/mol. The van der Waals surface area contributed by atoms with Crippen molar-refractivity contribution in [3.05, 3.63) is 17.5 Å². The van der Waals surface area contributed by atoms with Gasteiger partial charge in [0.15, 0.2) is 0 Å². The van der Waals surface area contributed by atoms with Gasteiger partial charge in [-0.2, -0.15) is 5.10 Å². The molecule has 3 heterocycles. The van der Waals surface area contributed by atoms with E-state index in [1.165, 1.54) is 5.06 Å². The van der Waals surface area contributed by atoms with Crippen LogP contribution in [-0.4, -0.2) is 50.8 Å². The minimum atomic E-state index is -0.380. The Balaban J connectivity index is 1.66. The second kappa shape index (κ2) is 6.44. The first kappa shape index (κ1) is 16.6. The maximum atomic E-state index is 13.2. The Kier molecular flexibility index (Phi) is 4.27. The quantitative estimate of drug-likeness (QED) is 0.836. The van der Waals surface area contributed by atoms with Gasteiger partial charge in [-0.1, -0.05) is 0 Å². The summed E-state index contributed by atoms with van der Waals surface area (Å²) in [6.07, 6.45) is 7.16. The summed E-state index contributed by atoms with van der Waals surface area (Å²) in [5, 5.41) is 5.86. The van der Waals surface area contributed by atoms with Crippen molar-refractivity contribution < 1.29 is 14.4 Å². The molecule has 2 amide bonds. The summed E-state index contributed by atoms with van der Waals surface area (Å²) in [4.78, 5) is 33.5. The van der Waals surface area contributed by atoms with Crippen molar-refractivity contribution in [3.63, 3.8) is 0 Å². The van der Waals surface area contributed by atoms with Crippen molar-refractivity contribution in [1.29, 1.82) is 0 Å². The minimum absolute atomic E-state index is 0.0494. The largest absolute Gasteiger partial charge is 0.332 e. The molecule has 4 rings (SSSR count). The Morgan fingerprint density at radius 3 is 2.76 bits per heavy atom. The summed E-state index contributed by atoms with van der Waals surface area (Å²) in [5.74, 6) is -0.343. The highest BCUT2D eigenvalue weighted by Gasteiger charge is 2.51. The van der Waals surface area contributed by atoms with E-state index in [-0.39, 0.29) is 36.2 Å². The molecule has 25 heavy (non-hydrogen) atoms. The number of aryl methyl sites for hydroxylation is 1. The Morgan fingerprint density at radius 2 is 2.08 bits per heavy atom. The van der Waals surface area contributed by atoms with Crippen LogP contribution < -0.4 is 0 Å². The molecule has 1 aromatic rings. The molecule has 1 aromatic heterocycles. The molecule has 7 heteroatoms. The number of hydrogen-bond acceptors (Lipinski definition) is 4. The van der Waals surface area contributed by atoms with E-state index >= 15 is 0 Å². The zero-order valence-electron chi connectivity index (χ0n) is 15.0. The maximum Gasteiger partial charge on any atom is 0.252 e. The van der Waals surface area contributed by atoms with Gasteiger partial charge in [-0.25, -0.2) is 5.06 Å². The molecule has 2 aliphatic heterocycles. The lowest BCUT2D eigenvalue weighted by molar-refractivity contribution is -0.189. The first-order valence-corrected chi connectivity index (χ1v) is 9.32. The average molecular weight is 346 g/mol. The molecule has 0 unspecified atom stereocenters. The molecule has 7 nitrogen and oxygen atoms in total. The maximum absolute atomic E-state index is 13.2. The van der Waals surface area contributed by atoms with Gasteiger partial charge in [-0.15, -0.1) is 0 Å². The Bertz CT molecular complexity index is 674. The molecule has 1 aliphatic carbocycles. The van der Waals surface area contributed by atoms with Crippen LogP contribution in [0.5, 0.6) is 0 Å². The Hall–Kier alpha value is -1.89. The van der Waals surface area contributed by atoms with E-state index in [1.54, 1.807) is 0 Å². The van der Waals surface area contributed by atoms with Gasteiger partial charge in [-0.3, -0.25) is 19.1 Å². The smallest absolute Gasteiger partial charge is 0.252 e. The zero-order valence-corrected chi connectivity index (χ0v) is 15.0. The highest BCUT2D eigenvalue weighted by atomic mass is 16.7. The van der Waals surface area contributed by atoms with Crippen molar-refractivity contribution in [2.45, 2.75) is 57.5 Å². The van der Waals surface area contributed by atoms with E-state index < -0.39 is 0 Å². The SMILES string of the molecule is Cc1c([C@@H]2[C@@H](C(=O)N3CCCCCO3)CC(=O)N2C2CC2)cnn1C. The molecular weight excluding hydrogens is 320 g/mol. The molecule has 3 fully saturated rings. The summed E-state index contributed by atoms with van der Waals surface area (Å²) in [5.41, 5.74) is 2.01. The summed E-state index contributed by atoms with van der Waals surface area (Å²) >= 11 is 0. The highest BCUT2D eigenvalue weighted by Crippen LogP contribution is 2.46. The van der Waals surface area contributed by atoms with E-state index in [1.807, 2.05) is 29.7 Å². The lowest BCUT2D eigenvalue weighted by Crippen LogP contribution is -2.39. The molecular formula is C18H26N4O3. The molecule has 0 bridgehead atoms. The summed E-state index contributed by atoms with van der Waals surface area (Å²) < 4.78 is 1.81. The van der Waals surface area contributed by atoms with Gasteiger partial charge in [0.05, 0.1) is 24.8 Å². The number of amides is 2. The third-order valence-electron chi connectivity index (χ3n) is 5.71. The first-order chi connectivity index (χ1) is 12.1. The van der Waals surface area contributed by atoms with E-state index in [4.69, 9.17) is 4.84 Å². The van der Waals surface area contributed by atoms with Gasteiger partial charge < -0.3 is 4.90 Å². The van der Waals surface area contributed by atoms with Crippen molar-refractivity contribution >= 4 is 11.8 Å². The number of likely N-dealkylation sites (tertiary alicyclic amines) is 1. The topological polar surface area (TPSA) is 67.7 Å². The summed E-state index contributed by atoms with van der Waals surface area (Å²) in [7, 11) is 1.89. The van der Waals surface area contributed by atoms with E-state index in [0.717, 1.165) is 43.4 Å². The van der Waals surface area contributed by atoms with Crippen LogP contribution in [0.1, 0.15) is 55.8 Å². The second-order valence-corrected chi connectivity index (χ2v) is 7.43. The summed E-state index contributed by atoms with van der Waals surface area (Å²) in [6, 6.07) is 0.0630. The van der Waals surface area contributed by atoms with Crippen LogP contribution in [0.25, 0.3) is 0 Å². The van der Waals surface area contributed by atoms with Crippen LogP contribution in [0.4, 0.5) is 0 Å². The third-order valence-corrected chi connectivity index (χ3v) is 5.71. The third kappa shape index (κ3) is 2.94. The molecule has 0 N–H and O–H groups in total. The van der Waals surface area contributed by atoms with Crippen LogP contribution >= 0.6 is 0 Å². The molecule has 2 saturated heterocycles. The van der Waals surface area contributed by atoms with Crippen molar-refractivity contribution in [2.24, 2.45) is 13.0 Å². The van der Waals surface area contributed by atoms with Crippen molar-refractivity contribution in [3.8, 4) is 0 Å². The number of hydroxylamine groups is 2. The average Bonchev–Trinajstić information content (AvgIpc) is 3.36. The van der Waals surface area contributed by atoms with Crippen molar-refractivity contribution in [2.75, 3.05) is 13.2 Å². The molecule has 0 aromatic carbocycles. The van der Waals surface area contributed by atoms with Gasteiger partial charge in [0.2, 0.25) is 5.91 Å². The number of nitrogens with zero attached hydrogens (tertiary/aromatic N) is 4. The Morgan fingerprint density at radius 1 is 1.28 bits per heavy atom. The fraction of sp³-hybridized carbons (Fsp3) is 0.722. The molecule has 0 spiro atoms. The highest BCUT2D eigenvalue weighted by molar-refractivity contribution is 5.90. The number of hydrogen-bond donors (Lipinski definition) is 0. The second-order valence-electron chi connectivity index (χ2n) is 7.43. The van der Waals surface area contributed by atoms with Gasteiger partial charge >= 0.3 is 0 Å². The molecule has 136 valence electrons. The summed E-state index contributed by atoms with van der Waals surface area (Å²) in [6.45, 7) is 3.20. The van der Waals surface area contributed by atoms with Gasteiger partial charge in [0.25, 0.3) is 5.91 Å². The molecule has 3 aliphatic rings. The predicted molar refractivity (Wildman–Crippen MR) is 90.2 cm³/mol. The molecule has 1 saturated carbocycles. The zero-order chi connectivity index (χ0) is 17.6. The van der Waals surface area contributed by atoms with E-state index in [2.05, 4.69) is 5.10 Å². The fourth-order valence-corrected chi connectivity index (χ4v) is 4.06. The van der Waals surface area contributed by atoms with Crippen LogP contribution in [-0.2, 0) is 21.5 Å². The van der Waals surface area contributed by atoms with Crippen LogP contribution in [0.3, 0.4) is 0 Å². The normalized spacial score (nSPS) is 27.7.